The minimum absolute atomic E-state index is 0.169. The predicted molar refractivity (Wildman–Crippen MR) is 94.2 cm³/mol. The summed E-state index contributed by atoms with van der Waals surface area (Å²) in [6.45, 7) is 2.45. The molecular weight excluding hydrogens is 344 g/mol. The predicted octanol–water partition coefficient (Wildman–Crippen LogP) is 2.31. The van der Waals surface area contributed by atoms with Crippen LogP contribution in [0.2, 0.25) is 0 Å². The van der Waals surface area contributed by atoms with Crippen molar-refractivity contribution in [3.8, 4) is 0 Å². The molecule has 3 rings (SSSR count). The zero-order chi connectivity index (χ0) is 17.3. The van der Waals surface area contributed by atoms with Crippen LogP contribution in [0.5, 0.6) is 0 Å². The lowest BCUT2D eigenvalue weighted by atomic mass is 10.3. The first-order valence-electron chi connectivity index (χ1n) is 7.37. The van der Waals surface area contributed by atoms with E-state index >= 15 is 0 Å². The van der Waals surface area contributed by atoms with Crippen LogP contribution in [-0.2, 0) is 16.4 Å². The van der Waals surface area contributed by atoms with Crippen LogP contribution in [0.3, 0.4) is 0 Å². The summed E-state index contributed by atoms with van der Waals surface area (Å²) in [5.74, 6) is 0. The second-order valence-corrected chi connectivity index (χ2v) is 7.99. The molecule has 0 atom stereocenters. The van der Waals surface area contributed by atoms with E-state index in [4.69, 9.17) is 0 Å². The average Bonchev–Trinajstić information content (AvgIpc) is 2.96. The molecule has 2 aromatic heterocycles. The summed E-state index contributed by atoms with van der Waals surface area (Å²) in [5.41, 5.74) is 1.99. The van der Waals surface area contributed by atoms with Crippen LogP contribution in [0, 0.1) is 6.92 Å². The molecule has 8 heteroatoms. The van der Waals surface area contributed by atoms with E-state index < -0.39 is 9.84 Å². The minimum atomic E-state index is -3.70. The third-order valence-corrected chi connectivity index (χ3v) is 6.23. The summed E-state index contributed by atoms with van der Waals surface area (Å²) in [6, 6.07) is 10.3. The molecule has 0 fully saturated rings. The van der Waals surface area contributed by atoms with Gasteiger partial charge in [-0.3, -0.25) is 0 Å². The number of nitrogens with zero attached hydrogens (tertiary/aromatic N) is 3. The number of aromatic nitrogens is 3. The fourth-order valence-electron chi connectivity index (χ4n) is 2.55. The molecule has 3 aromatic rings. The SMILES string of the molecule is CNCc1cc(C)n2nc(SC)c(S(=O)(=O)c3ccccc3)c2n1. The molecule has 2 heterocycles. The molecule has 0 aliphatic carbocycles. The zero-order valence-electron chi connectivity index (χ0n) is 13.6. The third kappa shape index (κ3) is 2.81. The third-order valence-electron chi connectivity index (χ3n) is 3.62. The highest BCUT2D eigenvalue weighted by Crippen LogP contribution is 2.32. The molecule has 1 aromatic carbocycles. The Bertz CT molecular complexity index is 982. The first-order valence-corrected chi connectivity index (χ1v) is 10.1. The number of hydrogen-bond acceptors (Lipinski definition) is 6. The van der Waals surface area contributed by atoms with Crippen molar-refractivity contribution in [2.75, 3.05) is 13.3 Å². The quantitative estimate of drug-likeness (QED) is 0.702. The normalized spacial score (nSPS) is 12.0. The molecule has 0 amide bonds. The lowest BCUT2D eigenvalue weighted by Gasteiger charge is -2.06. The zero-order valence-corrected chi connectivity index (χ0v) is 15.3. The topological polar surface area (TPSA) is 76.4 Å². The Kier molecular flexibility index (Phi) is 4.62. The number of hydrogen-bond donors (Lipinski definition) is 1. The summed E-state index contributed by atoms with van der Waals surface area (Å²) < 4.78 is 27.9. The Labute approximate surface area is 145 Å². The van der Waals surface area contributed by atoms with Gasteiger partial charge < -0.3 is 5.32 Å². The molecule has 0 aliphatic heterocycles. The highest BCUT2D eigenvalue weighted by Gasteiger charge is 2.29. The number of nitrogens with one attached hydrogen (secondary N) is 1. The smallest absolute Gasteiger partial charge is 0.213 e. The number of rotatable bonds is 5. The van der Waals surface area contributed by atoms with Gasteiger partial charge >= 0.3 is 0 Å². The van der Waals surface area contributed by atoms with Crippen LogP contribution in [0.15, 0.2) is 51.2 Å². The van der Waals surface area contributed by atoms with Gasteiger partial charge in [0.2, 0.25) is 9.84 Å². The number of benzene rings is 1. The van der Waals surface area contributed by atoms with Gasteiger partial charge in [0.05, 0.1) is 10.6 Å². The fraction of sp³-hybridized carbons (Fsp3) is 0.250. The van der Waals surface area contributed by atoms with Gasteiger partial charge in [-0.25, -0.2) is 17.9 Å². The van der Waals surface area contributed by atoms with E-state index in [0.29, 0.717) is 17.2 Å². The van der Waals surface area contributed by atoms with Crippen molar-refractivity contribution in [1.29, 1.82) is 0 Å². The Morgan fingerprint density at radius 2 is 1.96 bits per heavy atom. The maximum Gasteiger partial charge on any atom is 0.213 e. The molecule has 0 spiro atoms. The fourth-order valence-corrected chi connectivity index (χ4v) is 4.96. The van der Waals surface area contributed by atoms with Crippen molar-refractivity contribution in [2.45, 2.75) is 28.3 Å². The van der Waals surface area contributed by atoms with E-state index in [0.717, 1.165) is 11.4 Å². The molecule has 126 valence electrons. The van der Waals surface area contributed by atoms with E-state index in [1.807, 2.05) is 26.3 Å². The number of fused-ring (bicyclic) bond motifs is 1. The van der Waals surface area contributed by atoms with Crippen molar-refractivity contribution >= 4 is 27.2 Å². The van der Waals surface area contributed by atoms with Crippen LogP contribution >= 0.6 is 11.8 Å². The summed E-state index contributed by atoms with van der Waals surface area (Å²) in [4.78, 5) is 4.94. The van der Waals surface area contributed by atoms with E-state index in [9.17, 15) is 8.42 Å². The molecule has 0 unspecified atom stereocenters. The molecule has 0 bridgehead atoms. The van der Waals surface area contributed by atoms with E-state index in [1.54, 1.807) is 34.8 Å². The lowest BCUT2D eigenvalue weighted by Crippen LogP contribution is -2.10. The summed E-state index contributed by atoms with van der Waals surface area (Å²) in [6.07, 6.45) is 1.82. The molecule has 6 nitrogen and oxygen atoms in total. The molecule has 1 N–H and O–H groups in total. The van der Waals surface area contributed by atoms with Crippen molar-refractivity contribution in [1.82, 2.24) is 19.9 Å². The minimum Gasteiger partial charge on any atom is -0.314 e. The second-order valence-electron chi connectivity index (χ2n) is 5.31. The van der Waals surface area contributed by atoms with Crippen LogP contribution < -0.4 is 5.32 Å². The van der Waals surface area contributed by atoms with Gasteiger partial charge in [-0.1, -0.05) is 18.2 Å². The van der Waals surface area contributed by atoms with Crippen molar-refractivity contribution in [2.24, 2.45) is 0 Å². The second kappa shape index (κ2) is 6.54. The summed E-state index contributed by atoms with van der Waals surface area (Å²) in [7, 11) is -1.87. The van der Waals surface area contributed by atoms with Crippen molar-refractivity contribution < 1.29 is 8.42 Å². The summed E-state index contributed by atoms with van der Waals surface area (Å²) in [5, 5.41) is 7.94. The maximum absolute atomic E-state index is 13.1. The molecule has 0 radical (unpaired) electrons. The largest absolute Gasteiger partial charge is 0.314 e. The Hall–Kier alpha value is -1.90. The molecular formula is C16H18N4O2S2. The number of aryl methyl sites for hydroxylation is 1. The Balaban J connectivity index is 2.34. The van der Waals surface area contributed by atoms with E-state index in [1.165, 1.54) is 11.8 Å². The highest BCUT2D eigenvalue weighted by atomic mass is 32.2. The van der Waals surface area contributed by atoms with Gasteiger partial charge in [-0.05, 0) is 38.4 Å². The Morgan fingerprint density at radius 3 is 2.58 bits per heavy atom. The van der Waals surface area contributed by atoms with Crippen LogP contribution in [0.25, 0.3) is 5.65 Å². The van der Waals surface area contributed by atoms with Gasteiger partial charge in [0, 0.05) is 12.2 Å². The van der Waals surface area contributed by atoms with E-state index in [2.05, 4.69) is 15.4 Å². The first kappa shape index (κ1) is 16.9. The monoisotopic (exact) mass is 362 g/mol. The molecule has 0 saturated carbocycles. The van der Waals surface area contributed by atoms with Gasteiger partial charge in [0.15, 0.2) is 10.5 Å². The Morgan fingerprint density at radius 1 is 1.25 bits per heavy atom. The number of thioether (sulfide) groups is 1. The van der Waals surface area contributed by atoms with Gasteiger partial charge in [0.1, 0.15) is 5.03 Å². The highest BCUT2D eigenvalue weighted by molar-refractivity contribution is 7.99. The molecule has 24 heavy (non-hydrogen) atoms. The molecule has 0 saturated heterocycles. The van der Waals surface area contributed by atoms with Crippen molar-refractivity contribution in [3.05, 3.63) is 47.8 Å². The van der Waals surface area contributed by atoms with Gasteiger partial charge in [-0.15, -0.1) is 11.8 Å². The lowest BCUT2D eigenvalue weighted by molar-refractivity contribution is 0.594. The maximum atomic E-state index is 13.1. The average molecular weight is 362 g/mol. The van der Waals surface area contributed by atoms with Crippen LogP contribution in [-0.4, -0.2) is 36.3 Å². The molecule has 0 aliphatic rings. The van der Waals surface area contributed by atoms with E-state index in [-0.39, 0.29) is 9.79 Å². The van der Waals surface area contributed by atoms with Crippen molar-refractivity contribution in [3.63, 3.8) is 0 Å². The standard InChI is InChI=1S/C16H18N4O2S2/c1-11-9-12(10-17-2)18-15-14(16(23-3)19-20(11)15)24(21,22)13-7-5-4-6-8-13/h4-9,17H,10H2,1-3H3. The summed E-state index contributed by atoms with van der Waals surface area (Å²) >= 11 is 1.30. The van der Waals surface area contributed by atoms with Crippen LogP contribution in [0.1, 0.15) is 11.4 Å². The van der Waals surface area contributed by atoms with Gasteiger partial charge in [-0.2, -0.15) is 5.10 Å². The van der Waals surface area contributed by atoms with Crippen LogP contribution in [0.4, 0.5) is 0 Å². The number of sulfone groups is 1. The van der Waals surface area contributed by atoms with Gasteiger partial charge in [0.25, 0.3) is 0 Å². The first-order chi connectivity index (χ1) is 11.5.